The quantitative estimate of drug-likeness (QED) is 0.538. The van der Waals surface area contributed by atoms with E-state index in [0.717, 1.165) is 0 Å². The zero-order chi connectivity index (χ0) is 8.10. The van der Waals surface area contributed by atoms with E-state index in [2.05, 4.69) is 29.8 Å². The minimum absolute atomic E-state index is 0. The van der Waals surface area contributed by atoms with Gasteiger partial charge < -0.3 is 9.41 Å². The molecule has 0 N–H and O–H groups in total. The normalized spacial score (nSPS) is 12.9. The molecule has 1 aliphatic rings. The molecule has 0 bridgehead atoms. The van der Waals surface area contributed by atoms with E-state index in [1.165, 1.54) is 19.3 Å². The van der Waals surface area contributed by atoms with Crippen LogP contribution in [0.1, 0.15) is 26.2 Å². The summed E-state index contributed by atoms with van der Waals surface area (Å²) in [5.74, 6) is 0. The minimum Gasteiger partial charge on any atom is -1.00 e. The fraction of sp³-hybridized carbons (Fsp3) is 0.600. The Morgan fingerprint density at radius 3 is 2.54 bits per heavy atom. The fourth-order valence-electron chi connectivity index (χ4n) is 1.37. The maximum atomic E-state index is 2.54. The Labute approximate surface area is 87.5 Å². The van der Waals surface area contributed by atoms with E-state index < -0.39 is 21.8 Å². The van der Waals surface area contributed by atoms with Crippen molar-refractivity contribution >= 4 is 0 Å². The molecule has 0 saturated heterocycles. The SMILES string of the molecule is CCC[CH2][Zr+2]([CH3])[C]1=CC=CC1.[F-].[F-]. The Balaban J connectivity index is 0. The summed E-state index contributed by atoms with van der Waals surface area (Å²) in [5.41, 5.74) is 0. The van der Waals surface area contributed by atoms with Crippen LogP contribution in [0.25, 0.3) is 0 Å². The number of hydrogen-bond acceptors (Lipinski definition) is 0. The van der Waals surface area contributed by atoms with Crippen molar-refractivity contribution in [3.05, 3.63) is 21.5 Å². The molecular weight excluding hydrogens is 249 g/mol. The molecule has 75 valence electrons. The van der Waals surface area contributed by atoms with Gasteiger partial charge in [0.2, 0.25) is 0 Å². The van der Waals surface area contributed by atoms with Gasteiger partial charge in [-0.05, 0) is 0 Å². The summed E-state index contributed by atoms with van der Waals surface area (Å²) >= 11 is -1.01. The van der Waals surface area contributed by atoms with E-state index in [0.29, 0.717) is 0 Å². The monoisotopic (exact) mass is 265 g/mol. The molecule has 0 aromatic heterocycles. The molecule has 0 aromatic carbocycles. The van der Waals surface area contributed by atoms with Gasteiger partial charge in [-0.3, -0.25) is 0 Å². The van der Waals surface area contributed by atoms with Gasteiger partial charge in [0.25, 0.3) is 0 Å². The van der Waals surface area contributed by atoms with E-state index >= 15 is 0 Å². The second-order valence-corrected chi connectivity index (χ2v) is 9.85. The van der Waals surface area contributed by atoms with Crippen LogP contribution >= 0.6 is 0 Å². The van der Waals surface area contributed by atoms with Gasteiger partial charge in [0.15, 0.2) is 0 Å². The van der Waals surface area contributed by atoms with Gasteiger partial charge in [0.05, 0.1) is 0 Å². The van der Waals surface area contributed by atoms with Crippen LogP contribution in [0.3, 0.4) is 0 Å². The molecule has 0 spiro atoms. The van der Waals surface area contributed by atoms with E-state index in [1.807, 2.05) is 3.28 Å². The third kappa shape index (κ3) is 5.51. The zero-order valence-corrected chi connectivity index (χ0v) is 10.8. The molecule has 0 aromatic rings. The van der Waals surface area contributed by atoms with E-state index in [-0.39, 0.29) is 9.41 Å². The summed E-state index contributed by atoms with van der Waals surface area (Å²) in [6.45, 7) is 2.29. The summed E-state index contributed by atoms with van der Waals surface area (Å²) in [5, 5.41) is 0. The average molecular weight is 266 g/mol. The fourth-order valence-corrected chi connectivity index (χ4v) is 6.41. The van der Waals surface area contributed by atoms with E-state index in [4.69, 9.17) is 0 Å². The van der Waals surface area contributed by atoms with E-state index in [9.17, 15) is 0 Å². The number of rotatable bonds is 4. The largest absolute Gasteiger partial charge is 1.00 e. The minimum atomic E-state index is -1.01. The smallest absolute Gasteiger partial charge is 1.00 e. The Morgan fingerprint density at radius 1 is 1.38 bits per heavy atom. The standard InChI is InChI=1S/C5H5.C4H9.CH3.2FH.Zr/c1-2-4-5-3-1;1-3-4-2;;;;/h1-3H,4H2;1,3-4H2,2H3;1H3;2*1H;/q;;;;;+2/p-2. The van der Waals surface area contributed by atoms with E-state index in [1.54, 1.807) is 4.13 Å². The third-order valence-electron chi connectivity index (χ3n) is 2.22. The van der Waals surface area contributed by atoms with Crippen LogP contribution in [-0.2, 0) is 21.8 Å². The topological polar surface area (TPSA) is 0 Å². The molecule has 3 heteroatoms. The molecule has 1 aliphatic carbocycles. The van der Waals surface area contributed by atoms with Gasteiger partial charge in [0.1, 0.15) is 0 Å². The average Bonchev–Trinajstić information content (AvgIpc) is 2.52. The van der Waals surface area contributed by atoms with Crippen LogP contribution in [0.5, 0.6) is 0 Å². The van der Waals surface area contributed by atoms with Gasteiger partial charge >= 0.3 is 78.2 Å². The van der Waals surface area contributed by atoms with Crippen LogP contribution in [0.4, 0.5) is 0 Å². The van der Waals surface area contributed by atoms with Crippen molar-refractivity contribution in [2.75, 3.05) is 0 Å². The second kappa shape index (κ2) is 8.81. The number of unbranched alkanes of at least 4 members (excludes halogenated alkanes) is 1. The molecule has 0 saturated carbocycles. The summed E-state index contributed by atoms with van der Waals surface area (Å²) in [4.78, 5) is 0. The molecule has 0 unspecified atom stereocenters. The molecule has 13 heavy (non-hydrogen) atoms. The van der Waals surface area contributed by atoms with Crippen LogP contribution in [0.15, 0.2) is 21.5 Å². The van der Waals surface area contributed by atoms with Crippen molar-refractivity contribution in [1.82, 2.24) is 0 Å². The van der Waals surface area contributed by atoms with Crippen LogP contribution < -0.4 is 9.41 Å². The maximum Gasteiger partial charge on any atom is -1.00 e. The summed E-state index contributed by atoms with van der Waals surface area (Å²) in [6, 6.07) is 0. The molecule has 0 heterocycles. The Hall–Kier alpha value is 0.223. The Kier molecular flexibility index (Phi) is 10.6. The van der Waals surface area contributed by atoms with Crippen LogP contribution in [-0.4, -0.2) is 0 Å². The second-order valence-electron chi connectivity index (χ2n) is 3.21. The molecule has 0 fully saturated rings. The van der Waals surface area contributed by atoms with Gasteiger partial charge in [0, 0.05) is 0 Å². The molecule has 0 aliphatic heterocycles. The van der Waals surface area contributed by atoms with Gasteiger partial charge in [-0.25, -0.2) is 0 Å². The Bertz CT molecular complexity index is 176. The maximum absolute atomic E-state index is 2.54. The first-order valence-corrected chi connectivity index (χ1v) is 9.95. The first kappa shape index (κ1) is 15.7. The van der Waals surface area contributed by atoms with Crippen molar-refractivity contribution in [2.45, 2.75) is 34.9 Å². The van der Waals surface area contributed by atoms with Crippen molar-refractivity contribution in [1.29, 1.82) is 0 Å². The van der Waals surface area contributed by atoms with Crippen LogP contribution in [0.2, 0.25) is 8.76 Å². The molecular formula is C10H17F2Zr. The van der Waals surface area contributed by atoms with Crippen molar-refractivity contribution in [2.24, 2.45) is 0 Å². The molecule has 0 atom stereocenters. The Morgan fingerprint density at radius 2 is 2.08 bits per heavy atom. The summed E-state index contributed by atoms with van der Waals surface area (Å²) < 4.78 is 5.92. The predicted molar refractivity (Wildman–Crippen MR) is 47.4 cm³/mol. The summed E-state index contributed by atoms with van der Waals surface area (Å²) in [7, 11) is 0. The van der Waals surface area contributed by atoms with Crippen LogP contribution in [0, 0.1) is 0 Å². The molecule has 0 radical (unpaired) electrons. The number of halogens is 2. The molecule has 0 amide bonds. The van der Waals surface area contributed by atoms with Gasteiger partial charge in [-0.15, -0.1) is 0 Å². The first-order valence-electron chi connectivity index (χ1n) is 4.53. The summed E-state index contributed by atoms with van der Waals surface area (Å²) in [6.07, 6.45) is 11.0. The third-order valence-corrected chi connectivity index (χ3v) is 8.54. The number of allylic oxidation sites excluding steroid dienone is 4. The first-order chi connectivity index (χ1) is 5.34. The van der Waals surface area contributed by atoms with Crippen molar-refractivity contribution < 1.29 is 31.2 Å². The van der Waals surface area contributed by atoms with Gasteiger partial charge in [-0.2, -0.15) is 0 Å². The van der Waals surface area contributed by atoms with Crippen molar-refractivity contribution in [3.63, 3.8) is 0 Å². The van der Waals surface area contributed by atoms with Crippen molar-refractivity contribution in [3.8, 4) is 0 Å². The van der Waals surface area contributed by atoms with Gasteiger partial charge in [-0.1, -0.05) is 0 Å². The molecule has 0 nitrogen and oxygen atoms in total. The number of hydrogen-bond donors (Lipinski definition) is 0. The zero-order valence-electron chi connectivity index (χ0n) is 8.32. The predicted octanol–water partition coefficient (Wildman–Crippen LogP) is -2.28. The molecule has 1 rings (SSSR count).